The van der Waals surface area contributed by atoms with Crippen LogP contribution in [-0.4, -0.2) is 51.2 Å². The minimum atomic E-state index is -0.341. The summed E-state index contributed by atoms with van der Waals surface area (Å²) < 4.78 is 13.8. The van der Waals surface area contributed by atoms with Crippen molar-refractivity contribution in [2.75, 3.05) is 25.4 Å². The van der Waals surface area contributed by atoms with Crippen molar-refractivity contribution in [1.82, 2.24) is 19.8 Å². The molecular weight excluding hydrogens is 385 g/mol. The first kappa shape index (κ1) is 20.3. The van der Waals surface area contributed by atoms with Gasteiger partial charge in [0.15, 0.2) is 0 Å². The fourth-order valence-corrected chi connectivity index (χ4v) is 4.53. The Morgan fingerprint density at radius 1 is 1.17 bits per heavy atom. The second-order valence-electron chi connectivity index (χ2n) is 8.01. The summed E-state index contributed by atoms with van der Waals surface area (Å²) in [5, 5.41) is 0. The Morgan fingerprint density at radius 3 is 2.63 bits per heavy atom. The third-order valence-corrected chi connectivity index (χ3v) is 6.11. The van der Waals surface area contributed by atoms with Crippen molar-refractivity contribution in [3.63, 3.8) is 0 Å². The van der Waals surface area contributed by atoms with Crippen molar-refractivity contribution in [3.05, 3.63) is 42.0 Å². The van der Waals surface area contributed by atoms with Crippen LogP contribution in [0.1, 0.15) is 44.3 Å². The highest BCUT2D eigenvalue weighted by Gasteiger charge is 2.37. The molecule has 0 radical (unpaired) electrons. The fourth-order valence-electron chi connectivity index (χ4n) is 4.53. The van der Waals surface area contributed by atoms with Crippen LogP contribution in [0, 0.1) is 11.7 Å². The summed E-state index contributed by atoms with van der Waals surface area (Å²) in [5.41, 5.74) is 7.90. The van der Waals surface area contributed by atoms with Gasteiger partial charge in [-0.15, -0.1) is 0 Å². The molecule has 2 N–H and O–H groups in total. The van der Waals surface area contributed by atoms with E-state index >= 15 is 0 Å². The zero-order chi connectivity index (χ0) is 21.3. The topological polar surface area (TPSA) is 92.4 Å². The number of rotatable bonds is 3. The Kier molecular flexibility index (Phi) is 5.65. The van der Waals surface area contributed by atoms with E-state index in [0.29, 0.717) is 49.3 Å². The number of aromatic nitrogens is 2. The van der Waals surface area contributed by atoms with E-state index in [9.17, 15) is 14.0 Å². The molecule has 0 aliphatic carbocycles. The quantitative estimate of drug-likeness (QED) is 0.838. The minimum absolute atomic E-state index is 0.0520. The van der Waals surface area contributed by atoms with Gasteiger partial charge in [0.25, 0.3) is 0 Å². The molecule has 2 amide bonds. The second-order valence-corrected chi connectivity index (χ2v) is 8.01. The summed E-state index contributed by atoms with van der Waals surface area (Å²) in [6, 6.07) is 6.06. The number of hydrogen-bond acceptors (Lipinski definition) is 5. The molecule has 1 aromatic carbocycles. The monoisotopic (exact) mass is 411 g/mol. The molecule has 158 valence electrons. The highest BCUT2D eigenvalue weighted by Crippen LogP contribution is 2.38. The van der Waals surface area contributed by atoms with Gasteiger partial charge in [0.1, 0.15) is 5.82 Å². The molecule has 4 rings (SSSR count). The highest BCUT2D eigenvalue weighted by atomic mass is 19.1. The third-order valence-electron chi connectivity index (χ3n) is 6.11. The standard InChI is InChI=1S/C22H26FN5O2/c1-14(29)27-10-7-15(8-11-27)21(30)28-9-3-6-19(28)20-18(13-25-22(24)26-20)16-4-2-5-17(23)12-16/h2,4-5,12-13,15,19H,3,6-11H2,1H3,(H2,24,25,26)/t19-/m0/s1. The van der Waals surface area contributed by atoms with E-state index in [2.05, 4.69) is 9.97 Å². The molecule has 2 aliphatic rings. The lowest BCUT2D eigenvalue weighted by atomic mass is 9.94. The predicted molar refractivity (Wildman–Crippen MR) is 111 cm³/mol. The summed E-state index contributed by atoms with van der Waals surface area (Å²) in [6.45, 7) is 3.44. The number of nitrogens with two attached hydrogens (primary N) is 1. The fraction of sp³-hybridized carbons (Fsp3) is 0.455. The molecule has 8 heteroatoms. The molecule has 1 aromatic heterocycles. The Morgan fingerprint density at radius 2 is 1.93 bits per heavy atom. The van der Waals surface area contributed by atoms with Crippen molar-refractivity contribution in [1.29, 1.82) is 0 Å². The van der Waals surface area contributed by atoms with E-state index in [-0.39, 0.29) is 35.5 Å². The average molecular weight is 411 g/mol. The first-order valence-electron chi connectivity index (χ1n) is 10.4. The maximum atomic E-state index is 13.8. The number of likely N-dealkylation sites (tertiary alicyclic amines) is 2. The molecule has 2 aromatic rings. The highest BCUT2D eigenvalue weighted by molar-refractivity contribution is 5.81. The van der Waals surface area contributed by atoms with Gasteiger partial charge in [-0.1, -0.05) is 12.1 Å². The average Bonchev–Trinajstić information content (AvgIpc) is 3.23. The molecule has 3 heterocycles. The molecule has 1 atom stereocenters. The minimum Gasteiger partial charge on any atom is -0.368 e. The number of carbonyl (C=O) groups excluding carboxylic acids is 2. The SMILES string of the molecule is CC(=O)N1CCC(C(=O)N2CCC[C@H]2c2nc(N)ncc2-c2cccc(F)c2)CC1. The number of piperidine rings is 1. The lowest BCUT2D eigenvalue weighted by molar-refractivity contribution is -0.140. The Hall–Kier alpha value is -3.03. The molecule has 7 nitrogen and oxygen atoms in total. The predicted octanol–water partition coefficient (Wildman–Crippen LogP) is 2.79. The maximum absolute atomic E-state index is 13.8. The molecule has 2 fully saturated rings. The number of halogens is 1. The number of hydrogen-bond donors (Lipinski definition) is 1. The Balaban J connectivity index is 1.60. The van der Waals surface area contributed by atoms with Crippen LogP contribution in [0.25, 0.3) is 11.1 Å². The first-order valence-corrected chi connectivity index (χ1v) is 10.4. The summed E-state index contributed by atoms with van der Waals surface area (Å²) in [6.07, 6.45) is 4.60. The Bertz CT molecular complexity index is 958. The number of benzene rings is 1. The lowest BCUT2D eigenvalue weighted by Crippen LogP contribution is -2.43. The van der Waals surface area contributed by atoms with Crippen molar-refractivity contribution >= 4 is 17.8 Å². The van der Waals surface area contributed by atoms with Gasteiger partial charge in [0.05, 0.1) is 11.7 Å². The van der Waals surface area contributed by atoms with E-state index in [1.165, 1.54) is 12.1 Å². The summed E-state index contributed by atoms with van der Waals surface area (Å²) in [5.74, 6) is -0.150. The summed E-state index contributed by atoms with van der Waals surface area (Å²) >= 11 is 0. The number of amides is 2. The molecular formula is C22H26FN5O2. The van der Waals surface area contributed by atoms with Gasteiger partial charge in [-0.05, 0) is 43.4 Å². The van der Waals surface area contributed by atoms with Gasteiger partial charge in [-0.2, -0.15) is 0 Å². The van der Waals surface area contributed by atoms with Crippen LogP contribution in [0.4, 0.5) is 10.3 Å². The molecule has 0 spiro atoms. The number of anilines is 1. The molecule has 30 heavy (non-hydrogen) atoms. The van der Waals surface area contributed by atoms with Crippen LogP contribution < -0.4 is 5.73 Å². The molecule has 0 saturated carbocycles. The van der Waals surface area contributed by atoms with Crippen LogP contribution in [-0.2, 0) is 9.59 Å². The van der Waals surface area contributed by atoms with Crippen LogP contribution in [0.15, 0.2) is 30.5 Å². The molecule has 2 aliphatic heterocycles. The largest absolute Gasteiger partial charge is 0.368 e. The lowest BCUT2D eigenvalue weighted by Gasteiger charge is -2.34. The van der Waals surface area contributed by atoms with Gasteiger partial charge >= 0.3 is 0 Å². The summed E-state index contributed by atoms with van der Waals surface area (Å²) in [7, 11) is 0. The second kappa shape index (κ2) is 8.38. The smallest absolute Gasteiger partial charge is 0.226 e. The zero-order valence-corrected chi connectivity index (χ0v) is 17.1. The number of carbonyl (C=O) groups is 2. The zero-order valence-electron chi connectivity index (χ0n) is 17.1. The van der Waals surface area contributed by atoms with E-state index in [1.807, 2.05) is 4.90 Å². The molecule has 2 saturated heterocycles. The van der Waals surface area contributed by atoms with Gasteiger partial charge in [-0.25, -0.2) is 14.4 Å². The normalized spacial score (nSPS) is 19.9. The van der Waals surface area contributed by atoms with Gasteiger partial charge in [-0.3, -0.25) is 9.59 Å². The van der Waals surface area contributed by atoms with E-state index in [0.717, 1.165) is 12.8 Å². The van der Waals surface area contributed by atoms with Crippen LogP contribution in [0.3, 0.4) is 0 Å². The van der Waals surface area contributed by atoms with Crippen LogP contribution >= 0.6 is 0 Å². The first-order chi connectivity index (χ1) is 14.4. The molecule has 0 bridgehead atoms. The van der Waals surface area contributed by atoms with Crippen LogP contribution in [0.5, 0.6) is 0 Å². The van der Waals surface area contributed by atoms with Crippen molar-refractivity contribution in [2.24, 2.45) is 5.92 Å². The van der Waals surface area contributed by atoms with Crippen molar-refractivity contribution in [2.45, 2.75) is 38.6 Å². The summed E-state index contributed by atoms with van der Waals surface area (Å²) in [4.78, 5) is 37.2. The van der Waals surface area contributed by atoms with Crippen LogP contribution in [0.2, 0.25) is 0 Å². The van der Waals surface area contributed by atoms with E-state index < -0.39 is 0 Å². The van der Waals surface area contributed by atoms with Gasteiger partial charge in [0.2, 0.25) is 17.8 Å². The van der Waals surface area contributed by atoms with E-state index in [1.54, 1.807) is 30.2 Å². The number of nitrogens with zero attached hydrogens (tertiary/aromatic N) is 4. The van der Waals surface area contributed by atoms with Gasteiger partial charge < -0.3 is 15.5 Å². The van der Waals surface area contributed by atoms with Crippen molar-refractivity contribution in [3.8, 4) is 11.1 Å². The Labute approximate surface area is 175 Å². The van der Waals surface area contributed by atoms with Gasteiger partial charge in [0, 0.05) is 44.2 Å². The van der Waals surface area contributed by atoms with Crippen molar-refractivity contribution < 1.29 is 14.0 Å². The van der Waals surface area contributed by atoms with E-state index in [4.69, 9.17) is 5.73 Å². The maximum Gasteiger partial charge on any atom is 0.226 e. The number of nitrogen functional groups attached to an aromatic ring is 1. The molecule has 0 unspecified atom stereocenters. The third kappa shape index (κ3) is 3.99.